The molecule has 1 heterocycles. The Morgan fingerprint density at radius 2 is 1.92 bits per heavy atom. The number of nitrogens with one attached hydrogen (secondary N) is 2. The lowest BCUT2D eigenvalue weighted by Crippen LogP contribution is -2.56. The normalized spacial score (nSPS) is 24.4. The van der Waals surface area contributed by atoms with Gasteiger partial charge in [-0.05, 0) is 32.4 Å². The Labute approximate surface area is 153 Å². The molecule has 144 valence electrons. The molecule has 0 spiro atoms. The first-order valence-corrected chi connectivity index (χ1v) is 9.16. The van der Waals surface area contributed by atoms with Gasteiger partial charge in [0.15, 0.2) is 5.96 Å². The third-order valence-electron chi connectivity index (χ3n) is 5.26. The van der Waals surface area contributed by atoms with Crippen LogP contribution in [-0.4, -0.2) is 62.3 Å². The van der Waals surface area contributed by atoms with E-state index in [2.05, 4.69) is 34.4 Å². The van der Waals surface area contributed by atoms with Gasteiger partial charge in [0.2, 0.25) is 0 Å². The van der Waals surface area contributed by atoms with Crippen LogP contribution in [0.3, 0.4) is 0 Å². The molecule has 2 fully saturated rings. The van der Waals surface area contributed by atoms with Gasteiger partial charge in [0, 0.05) is 49.7 Å². The first-order valence-electron chi connectivity index (χ1n) is 9.16. The molecule has 1 aromatic rings. The van der Waals surface area contributed by atoms with E-state index in [1.54, 1.807) is 7.05 Å². The molecule has 0 bridgehead atoms. The summed E-state index contributed by atoms with van der Waals surface area (Å²) in [5.74, 6) is -0.441. The Bertz CT molecular complexity index is 639. The van der Waals surface area contributed by atoms with Gasteiger partial charge < -0.3 is 15.4 Å². The van der Waals surface area contributed by atoms with E-state index in [1.165, 1.54) is 18.2 Å². The fraction of sp³-hybridized carbons (Fsp3) is 0.632. The maximum Gasteiger partial charge on any atom is 0.191 e. The summed E-state index contributed by atoms with van der Waals surface area (Å²) in [6, 6.07) is 4.02. The van der Waals surface area contributed by atoms with Crippen molar-refractivity contribution < 1.29 is 13.5 Å². The van der Waals surface area contributed by atoms with Crippen molar-refractivity contribution >= 4 is 5.96 Å². The molecule has 0 amide bonds. The highest BCUT2D eigenvalue weighted by molar-refractivity contribution is 5.80. The Kier molecular flexibility index (Phi) is 5.77. The van der Waals surface area contributed by atoms with Gasteiger partial charge in [-0.1, -0.05) is 6.07 Å². The zero-order valence-electron chi connectivity index (χ0n) is 15.7. The lowest BCUT2D eigenvalue weighted by atomic mass is 10.0. The average molecular weight is 366 g/mol. The molecule has 1 saturated carbocycles. The summed E-state index contributed by atoms with van der Waals surface area (Å²) in [5.41, 5.74) is 0.135. The number of hydrogen-bond acceptors (Lipinski definition) is 3. The third-order valence-corrected chi connectivity index (χ3v) is 5.26. The number of rotatable bonds is 5. The van der Waals surface area contributed by atoms with Crippen LogP contribution in [0, 0.1) is 11.6 Å². The molecule has 2 atom stereocenters. The van der Waals surface area contributed by atoms with Crippen LogP contribution in [-0.2, 0) is 4.74 Å². The number of hydrogen-bond donors (Lipinski definition) is 2. The van der Waals surface area contributed by atoms with Crippen LogP contribution in [0.4, 0.5) is 8.78 Å². The minimum atomic E-state index is -0.476. The van der Waals surface area contributed by atoms with Crippen molar-refractivity contribution in [3.8, 4) is 0 Å². The quantitative estimate of drug-likeness (QED) is 0.619. The maximum absolute atomic E-state index is 13.9. The summed E-state index contributed by atoms with van der Waals surface area (Å²) >= 11 is 0. The minimum absolute atomic E-state index is 0.000834. The number of nitrogens with zero attached hydrogens (tertiary/aromatic N) is 2. The van der Waals surface area contributed by atoms with Crippen molar-refractivity contribution in [1.29, 1.82) is 0 Å². The van der Waals surface area contributed by atoms with Crippen LogP contribution in [0.2, 0.25) is 0 Å². The Morgan fingerprint density at radius 1 is 1.27 bits per heavy atom. The highest BCUT2D eigenvalue weighted by Crippen LogP contribution is 2.43. The summed E-state index contributed by atoms with van der Waals surface area (Å²) in [4.78, 5) is 6.65. The monoisotopic (exact) mass is 366 g/mol. The molecule has 2 N–H and O–H groups in total. The molecule has 3 rings (SSSR count). The van der Waals surface area contributed by atoms with Gasteiger partial charge >= 0.3 is 0 Å². The zero-order chi connectivity index (χ0) is 18.7. The maximum atomic E-state index is 13.9. The van der Waals surface area contributed by atoms with Gasteiger partial charge in [-0.2, -0.15) is 0 Å². The van der Waals surface area contributed by atoms with Crippen LogP contribution in [0.15, 0.2) is 23.2 Å². The van der Waals surface area contributed by atoms with Gasteiger partial charge in [0.05, 0.1) is 13.2 Å². The molecule has 26 heavy (non-hydrogen) atoms. The number of aliphatic imine (C=N–C) groups is 1. The molecule has 2 unspecified atom stereocenters. The van der Waals surface area contributed by atoms with E-state index < -0.39 is 11.6 Å². The zero-order valence-corrected chi connectivity index (χ0v) is 15.7. The number of ether oxygens (including phenoxy) is 1. The number of morpholine rings is 1. The van der Waals surface area contributed by atoms with E-state index in [9.17, 15) is 8.78 Å². The molecule has 2 aliphatic rings. The molecular formula is C19H28F2N4O. The summed E-state index contributed by atoms with van der Waals surface area (Å²) in [6.07, 6.45) is 0.700. The predicted molar refractivity (Wildman–Crippen MR) is 98.5 cm³/mol. The summed E-state index contributed by atoms with van der Waals surface area (Å²) < 4.78 is 33.2. The molecule has 0 radical (unpaired) electrons. The molecule has 1 aliphatic carbocycles. The fourth-order valence-corrected chi connectivity index (χ4v) is 3.49. The summed E-state index contributed by atoms with van der Waals surface area (Å²) in [5, 5.41) is 6.63. The van der Waals surface area contributed by atoms with E-state index in [0.717, 1.165) is 32.8 Å². The van der Waals surface area contributed by atoms with E-state index in [4.69, 9.17) is 4.74 Å². The smallest absolute Gasteiger partial charge is 0.191 e. The third kappa shape index (κ3) is 4.32. The Hall–Kier alpha value is -1.73. The van der Waals surface area contributed by atoms with Crippen molar-refractivity contribution in [3.63, 3.8) is 0 Å². The standard InChI is InChI=1S/C19H28F2N4O/c1-19(2,25-7-9-26-10-8-25)12-23-18(22-3)24-16-11-13(16)17-14(20)5-4-6-15(17)21/h4-6,13,16H,7-12H2,1-3H3,(H2,22,23,24). The van der Waals surface area contributed by atoms with Crippen LogP contribution in [0.25, 0.3) is 0 Å². The highest BCUT2D eigenvalue weighted by Gasteiger charge is 2.42. The van der Waals surface area contributed by atoms with Crippen LogP contribution in [0.1, 0.15) is 31.7 Å². The van der Waals surface area contributed by atoms with Crippen LogP contribution < -0.4 is 10.6 Å². The molecule has 1 aromatic carbocycles. The lowest BCUT2D eigenvalue weighted by Gasteiger charge is -2.41. The lowest BCUT2D eigenvalue weighted by molar-refractivity contribution is -0.00834. The average Bonchev–Trinajstić information content (AvgIpc) is 3.38. The van der Waals surface area contributed by atoms with Gasteiger partial charge in [0.1, 0.15) is 11.6 Å². The fourth-order valence-electron chi connectivity index (χ4n) is 3.49. The summed E-state index contributed by atoms with van der Waals surface area (Å²) in [6.45, 7) is 8.44. The van der Waals surface area contributed by atoms with Crippen molar-refractivity contribution in [2.45, 2.75) is 37.8 Å². The molecular weight excluding hydrogens is 338 g/mol. The number of guanidine groups is 1. The van der Waals surface area contributed by atoms with E-state index in [1.807, 2.05) is 0 Å². The van der Waals surface area contributed by atoms with Gasteiger partial charge in [-0.3, -0.25) is 9.89 Å². The topological polar surface area (TPSA) is 48.9 Å². The molecule has 5 nitrogen and oxygen atoms in total. The van der Waals surface area contributed by atoms with E-state index in [0.29, 0.717) is 12.4 Å². The Balaban J connectivity index is 1.53. The summed E-state index contributed by atoms with van der Waals surface area (Å²) in [7, 11) is 1.71. The largest absolute Gasteiger partial charge is 0.379 e. The highest BCUT2D eigenvalue weighted by atomic mass is 19.1. The van der Waals surface area contributed by atoms with Crippen LogP contribution >= 0.6 is 0 Å². The molecule has 1 saturated heterocycles. The van der Waals surface area contributed by atoms with Gasteiger partial charge in [-0.25, -0.2) is 8.78 Å². The van der Waals surface area contributed by atoms with Gasteiger partial charge in [-0.15, -0.1) is 0 Å². The van der Waals surface area contributed by atoms with Crippen molar-refractivity contribution in [3.05, 3.63) is 35.4 Å². The second-order valence-electron chi connectivity index (χ2n) is 7.57. The molecule has 0 aromatic heterocycles. The first kappa shape index (κ1) is 19.0. The first-order chi connectivity index (χ1) is 12.4. The van der Waals surface area contributed by atoms with Crippen molar-refractivity contribution in [2.75, 3.05) is 39.9 Å². The molecule has 7 heteroatoms. The van der Waals surface area contributed by atoms with Crippen LogP contribution in [0.5, 0.6) is 0 Å². The van der Waals surface area contributed by atoms with E-state index in [-0.39, 0.29) is 23.1 Å². The number of benzene rings is 1. The van der Waals surface area contributed by atoms with Crippen molar-refractivity contribution in [2.24, 2.45) is 4.99 Å². The second-order valence-corrected chi connectivity index (χ2v) is 7.57. The van der Waals surface area contributed by atoms with E-state index >= 15 is 0 Å². The Morgan fingerprint density at radius 3 is 2.54 bits per heavy atom. The van der Waals surface area contributed by atoms with Crippen molar-refractivity contribution in [1.82, 2.24) is 15.5 Å². The second kappa shape index (κ2) is 7.88. The SMILES string of the molecule is CN=C(NCC(C)(C)N1CCOCC1)NC1CC1c1c(F)cccc1F. The predicted octanol–water partition coefficient (Wildman–Crippen LogP) is 2.10. The minimum Gasteiger partial charge on any atom is -0.379 e. The number of halogens is 2. The molecule has 1 aliphatic heterocycles. The van der Waals surface area contributed by atoms with Gasteiger partial charge in [0.25, 0.3) is 0 Å².